The lowest BCUT2D eigenvalue weighted by Gasteiger charge is -2.26. The van der Waals surface area contributed by atoms with Crippen molar-refractivity contribution in [2.45, 2.75) is 30.7 Å². The zero-order valence-electron chi connectivity index (χ0n) is 12.6. The van der Waals surface area contributed by atoms with E-state index in [2.05, 4.69) is 0 Å². The third kappa shape index (κ3) is 3.20. The van der Waals surface area contributed by atoms with E-state index in [-0.39, 0.29) is 10.9 Å². The summed E-state index contributed by atoms with van der Waals surface area (Å²) in [5, 5.41) is 0. The van der Waals surface area contributed by atoms with E-state index in [1.807, 2.05) is 19.0 Å². The Morgan fingerprint density at radius 3 is 2.71 bits per heavy atom. The largest absolute Gasteiger partial charge is 0.398 e. The van der Waals surface area contributed by atoms with E-state index in [0.29, 0.717) is 24.3 Å². The van der Waals surface area contributed by atoms with Crippen LogP contribution in [0.5, 0.6) is 0 Å². The lowest BCUT2D eigenvalue weighted by Crippen LogP contribution is -2.41. The van der Waals surface area contributed by atoms with Gasteiger partial charge < -0.3 is 10.6 Å². The van der Waals surface area contributed by atoms with E-state index in [0.717, 1.165) is 12.8 Å². The van der Waals surface area contributed by atoms with Gasteiger partial charge in [-0.3, -0.25) is 0 Å². The molecule has 1 aliphatic heterocycles. The normalized spacial score (nSPS) is 20.3. The van der Waals surface area contributed by atoms with Gasteiger partial charge in [-0.1, -0.05) is 0 Å². The highest BCUT2D eigenvalue weighted by atomic mass is 32.2. The first kappa shape index (κ1) is 16.2. The minimum Gasteiger partial charge on any atom is -0.398 e. The second-order valence-electron chi connectivity index (χ2n) is 5.81. The molecule has 0 bridgehead atoms. The van der Waals surface area contributed by atoms with Crippen molar-refractivity contribution in [1.82, 2.24) is 9.21 Å². The molecule has 0 spiro atoms. The number of likely N-dealkylation sites (N-methyl/N-ethyl adjacent to an activating group) is 1. The molecule has 1 heterocycles. The fraction of sp³-hybridized carbons (Fsp3) is 0.571. The molecule has 0 radical (unpaired) electrons. The number of aryl methyl sites for hydroxylation is 1. The predicted octanol–water partition coefficient (Wildman–Crippen LogP) is 1.43. The summed E-state index contributed by atoms with van der Waals surface area (Å²) >= 11 is 0. The Hall–Kier alpha value is -1.18. The maximum Gasteiger partial charge on any atom is 0.246 e. The highest BCUT2D eigenvalue weighted by molar-refractivity contribution is 7.89. The lowest BCUT2D eigenvalue weighted by atomic mass is 10.2. The van der Waals surface area contributed by atoms with Gasteiger partial charge in [-0.05, 0) is 51.6 Å². The van der Waals surface area contributed by atoms with Crippen molar-refractivity contribution in [1.29, 1.82) is 0 Å². The van der Waals surface area contributed by atoms with Gasteiger partial charge in [0, 0.05) is 24.8 Å². The molecule has 0 aliphatic carbocycles. The summed E-state index contributed by atoms with van der Waals surface area (Å²) in [6.45, 7) is 2.70. The molecule has 1 saturated heterocycles. The van der Waals surface area contributed by atoms with Gasteiger partial charge in [0.25, 0.3) is 0 Å². The smallest absolute Gasteiger partial charge is 0.246 e. The van der Waals surface area contributed by atoms with Crippen LogP contribution in [0.25, 0.3) is 0 Å². The topological polar surface area (TPSA) is 66.6 Å². The molecule has 2 rings (SSSR count). The summed E-state index contributed by atoms with van der Waals surface area (Å²) in [6, 6.07) is 2.29. The van der Waals surface area contributed by atoms with E-state index in [4.69, 9.17) is 5.73 Å². The van der Waals surface area contributed by atoms with Crippen LogP contribution < -0.4 is 5.73 Å². The third-order valence-corrected chi connectivity index (χ3v) is 5.77. The van der Waals surface area contributed by atoms with Crippen LogP contribution >= 0.6 is 0 Å². The average molecular weight is 315 g/mol. The zero-order chi connectivity index (χ0) is 15.8. The molecule has 0 amide bonds. The van der Waals surface area contributed by atoms with Crippen LogP contribution in [0.3, 0.4) is 0 Å². The summed E-state index contributed by atoms with van der Waals surface area (Å²) in [4.78, 5) is 1.62. The Kier molecular flexibility index (Phi) is 4.55. The van der Waals surface area contributed by atoms with Crippen molar-refractivity contribution in [3.63, 3.8) is 0 Å². The SMILES string of the molecule is Cc1cc(F)c(S(=O)(=O)N2CCCC2CN(C)C)cc1N. The molecule has 0 aromatic heterocycles. The number of hydrogen-bond acceptors (Lipinski definition) is 4. The Morgan fingerprint density at radius 1 is 1.43 bits per heavy atom. The number of anilines is 1. The van der Waals surface area contributed by atoms with Crippen LogP contribution in [-0.2, 0) is 10.0 Å². The van der Waals surface area contributed by atoms with E-state index in [1.54, 1.807) is 6.92 Å². The monoisotopic (exact) mass is 315 g/mol. The Bertz CT molecular complexity index is 631. The van der Waals surface area contributed by atoms with Crippen molar-refractivity contribution < 1.29 is 12.8 Å². The average Bonchev–Trinajstić information content (AvgIpc) is 2.81. The van der Waals surface area contributed by atoms with Gasteiger partial charge in [0.15, 0.2) is 0 Å². The second kappa shape index (κ2) is 5.90. The highest BCUT2D eigenvalue weighted by Gasteiger charge is 2.37. The molecule has 21 heavy (non-hydrogen) atoms. The molecule has 1 aromatic rings. The van der Waals surface area contributed by atoms with Gasteiger partial charge in [-0.25, -0.2) is 12.8 Å². The fourth-order valence-electron chi connectivity index (χ4n) is 2.72. The molecule has 5 nitrogen and oxygen atoms in total. The first-order chi connectivity index (χ1) is 9.73. The standard InChI is InChI=1S/C14H22FN3O2S/c1-10-7-12(15)14(8-13(10)16)21(19,20)18-6-4-5-11(18)9-17(2)3/h7-8,11H,4-6,9,16H2,1-3H3. The van der Waals surface area contributed by atoms with Crippen LogP contribution in [0.4, 0.5) is 10.1 Å². The highest BCUT2D eigenvalue weighted by Crippen LogP contribution is 2.29. The number of sulfonamides is 1. The maximum absolute atomic E-state index is 14.1. The van der Waals surface area contributed by atoms with E-state index < -0.39 is 15.8 Å². The van der Waals surface area contributed by atoms with Gasteiger partial charge in [0.1, 0.15) is 10.7 Å². The van der Waals surface area contributed by atoms with Crippen LogP contribution in [0.15, 0.2) is 17.0 Å². The Balaban J connectivity index is 2.40. The molecule has 1 aliphatic rings. The van der Waals surface area contributed by atoms with E-state index >= 15 is 0 Å². The minimum absolute atomic E-state index is 0.119. The van der Waals surface area contributed by atoms with Crippen LogP contribution in [0.2, 0.25) is 0 Å². The summed E-state index contributed by atoms with van der Waals surface area (Å²) in [5.74, 6) is -0.739. The van der Waals surface area contributed by atoms with E-state index in [1.165, 1.54) is 16.4 Å². The Labute approximate surface area is 125 Å². The van der Waals surface area contributed by atoms with Gasteiger partial charge in [0.05, 0.1) is 0 Å². The van der Waals surface area contributed by atoms with Gasteiger partial charge >= 0.3 is 0 Å². The summed E-state index contributed by atoms with van der Waals surface area (Å²) in [6.07, 6.45) is 1.58. The summed E-state index contributed by atoms with van der Waals surface area (Å²) < 4.78 is 40.9. The number of halogens is 1. The fourth-order valence-corrected chi connectivity index (χ4v) is 4.49. The molecular formula is C14H22FN3O2S. The molecule has 0 saturated carbocycles. The lowest BCUT2D eigenvalue weighted by molar-refractivity contribution is 0.290. The molecule has 7 heteroatoms. The zero-order valence-corrected chi connectivity index (χ0v) is 13.5. The second-order valence-corrected chi connectivity index (χ2v) is 7.67. The minimum atomic E-state index is -3.85. The number of nitrogens with zero attached hydrogens (tertiary/aromatic N) is 2. The maximum atomic E-state index is 14.1. The molecule has 2 N–H and O–H groups in total. The van der Waals surface area contributed by atoms with Crippen molar-refractivity contribution in [2.24, 2.45) is 0 Å². The molecular weight excluding hydrogens is 293 g/mol. The first-order valence-corrected chi connectivity index (χ1v) is 8.39. The number of rotatable bonds is 4. The summed E-state index contributed by atoms with van der Waals surface area (Å²) in [5.41, 5.74) is 6.57. The predicted molar refractivity (Wildman–Crippen MR) is 81.0 cm³/mol. The van der Waals surface area contributed by atoms with Crippen molar-refractivity contribution >= 4 is 15.7 Å². The third-order valence-electron chi connectivity index (χ3n) is 3.81. The first-order valence-electron chi connectivity index (χ1n) is 6.95. The van der Waals surface area contributed by atoms with Crippen molar-refractivity contribution in [2.75, 3.05) is 32.9 Å². The van der Waals surface area contributed by atoms with Crippen LogP contribution in [0, 0.1) is 12.7 Å². The van der Waals surface area contributed by atoms with Gasteiger partial charge in [-0.15, -0.1) is 0 Å². The van der Waals surface area contributed by atoms with Crippen molar-refractivity contribution in [3.8, 4) is 0 Å². The van der Waals surface area contributed by atoms with E-state index in [9.17, 15) is 12.8 Å². The number of hydrogen-bond donors (Lipinski definition) is 1. The molecule has 1 aromatic carbocycles. The summed E-state index contributed by atoms with van der Waals surface area (Å²) in [7, 11) is -0.0590. The molecule has 1 fully saturated rings. The Morgan fingerprint density at radius 2 is 2.10 bits per heavy atom. The number of nitrogens with two attached hydrogens (primary N) is 1. The molecule has 118 valence electrons. The quantitative estimate of drug-likeness (QED) is 0.854. The van der Waals surface area contributed by atoms with Crippen molar-refractivity contribution in [3.05, 3.63) is 23.5 Å². The number of nitrogen functional groups attached to an aromatic ring is 1. The van der Waals surface area contributed by atoms with Gasteiger partial charge in [-0.2, -0.15) is 4.31 Å². The van der Waals surface area contributed by atoms with Crippen LogP contribution in [-0.4, -0.2) is 50.8 Å². The van der Waals surface area contributed by atoms with Crippen LogP contribution in [0.1, 0.15) is 18.4 Å². The van der Waals surface area contributed by atoms with Gasteiger partial charge in [0.2, 0.25) is 10.0 Å². The molecule has 1 unspecified atom stereocenters. The molecule has 1 atom stereocenters. The number of benzene rings is 1.